The lowest BCUT2D eigenvalue weighted by atomic mass is 9.64. The SMILES string of the molecule is CCCCOC1CC(NC(=O)[C@@H](N)C(C)(C)C)C1(C)C. The lowest BCUT2D eigenvalue weighted by Gasteiger charge is -2.52. The molecule has 0 aromatic carbocycles. The molecule has 3 N–H and O–H groups in total. The second-order valence-electron chi connectivity index (χ2n) is 7.67. The van der Waals surface area contributed by atoms with Crippen LogP contribution in [0.5, 0.6) is 0 Å². The zero-order valence-corrected chi connectivity index (χ0v) is 14.0. The summed E-state index contributed by atoms with van der Waals surface area (Å²) in [5.74, 6) is -0.0532. The molecule has 1 fully saturated rings. The summed E-state index contributed by atoms with van der Waals surface area (Å²) >= 11 is 0. The normalized spacial score (nSPS) is 26.8. The number of nitrogens with two attached hydrogens (primary N) is 1. The fourth-order valence-electron chi connectivity index (χ4n) is 2.44. The quantitative estimate of drug-likeness (QED) is 0.736. The Morgan fingerprint density at radius 3 is 2.50 bits per heavy atom. The summed E-state index contributed by atoms with van der Waals surface area (Å²) in [5, 5.41) is 3.09. The van der Waals surface area contributed by atoms with Gasteiger partial charge in [0.15, 0.2) is 0 Å². The second kappa shape index (κ2) is 6.44. The molecule has 0 spiro atoms. The number of amides is 1. The van der Waals surface area contributed by atoms with Gasteiger partial charge in [-0.25, -0.2) is 0 Å². The van der Waals surface area contributed by atoms with Crippen LogP contribution >= 0.6 is 0 Å². The van der Waals surface area contributed by atoms with Crippen molar-refractivity contribution in [3.05, 3.63) is 0 Å². The van der Waals surface area contributed by atoms with E-state index in [9.17, 15) is 4.79 Å². The van der Waals surface area contributed by atoms with Crippen LogP contribution in [0.4, 0.5) is 0 Å². The lowest BCUT2D eigenvalue weighted by molar-refractivity contribution is -0.140. The minimum Gasteiger partial charge on any atom is -0.378 e. The van der Waals surface area contributed by atoms with Gasteiger partial charge in [-0.2, -0.15) is 0 Å². The molecule has 1 rings (SSSR count). The Balaban J connectivity index is 2.46. The van der Waals surface area contributed by atoms with Gasteiger partial charge in [0, 0.05) is 18.1 Å². The average Bonchev–Trinajstić information content (AvgIpc) is 2.34. The Bertz CT molecular complexity index is 334. The van der Waals surface area contributed by atoms with Gasteiger partial charge in [0.05, 0.1) is 12.1 Å². The minimum atomic E-state index is -0.474. The third-order valence-electron chi connectivity index (χ3n) is 4.53. The van der Waals surface area contributed by atoms with E-state index in [0.29, 0.717) is 0 Å². The van der Waals surface area contributed by atoms with Gasteiger partial charge < -0.3 is 15.8 Å². The van der Waals surface area contributed by atoms with Crippen molar-refractivity contribution in [3.8, 4) is 0 Å². The highest BCUT2D eigenvalue weighted by atomic mass is 16.5. The van der Waals surface area contributed by atoms with Crippen molar-refractivity contribution in [2.75, 3.05) is 6.61 Å². The van der Waals surface area contributed by atoms with Gasteiger partial charge in [0.25, 0.3) is 0 Å². The fourth-order valence-corrected chi connectivity index (χ4v) is 2.44. The summed E-state index contributed by atoms with van der Waals surface area (Å²) in [7, 11) is 0. The Morgan fingerprint density at radius 2 is 2.05 bits per heavy atom. The fraction of sp³-hybridized carbons (Fsp3) is 0.938. The Morgan fingerprint density at radius 1 is 1.45 bits per heavy atom. The number of hydrogen-bond acceptors (Lipinski definition) is 3. The number of hydrogen-bond donors (Lipinski definition) is 2. The maximum Gasteiger partial charge on any atom is 0.237 e. The van der Waals surface area contributed by atoms with Crippen molar-refractivity contribution in [1.82, 2.24) is 5.32 Å². The molecule has 0 heterocycles. The molecule has 0 bridgehead atoms. The zero-order valence-electron chi connectivity index (χ0n) is 14.0. The first kappa shape index (κ1) is 17.4. The van der Waals surface area contributed by atoms with Gasteiger partial charge in [0.1, 0.15) is 0 Å². The molecular formula is C16H32N2O2. The van der Waals surface area contributed by atoms with E-state index in [1.807, 2.05) is 20.8 Å². The number of carbonyl (C=O) groups is 1. The van der Waals surface area contributed by atoms with Gasteiger partial charge in [-0.3, -0.25) is 4.79 Å². The van der Waals surface area contributed by atoms with E-state index in [-0.39, 0.29) is 28.9 Å². The van der Waals surface area contributed by atoms with Gasteiger partial charge in [-0.1, -0.05) is 48.0 Å². The van der Waals surface area contributed by atoms with Crippen LogP contribution in [-0.4, -0.2) is 30.7 Å². The molecule has 1 amide bonds. The van der Waals surface area contributed by atoms with Crippen LogP contribution in [0.25, 0.3) is 0 Å². The molecule has 0 aromatic rings. The minimum absolute atomic E-state index is 0.0129. The van der Waals surface area contributed by atoms with Gasteiger partial charge in [-0.15, -0.1) is 0 Å². The van der Waals surface area contributed by atoms with E-state index in [2.05, 4.69) is 26.1 Å². The number of ether oxygens (including phenoxy) is 1. The molecule has 20 heavy (non-hydrogen) atoms. The molecule has 3 atom stereocenters. The Hall–Kier alpha value is -0.610. The second-order valence-corrected chi connectivity index (χ2v) is 7.67. The molecule has 0 radical (unpaired) electrons. The summed E-state index contributed by atoms with van der Waals surface area (Å²) in [6.45, 7) is 13.2. The predicted octanol–water partition coefficient (Wildman–Crippen LogP) is 2.46. The van der Waals surface area contributed by atoms with E-state index >= 15 is 0 Å². The smallest absolute Gasteiger partial charge is 0.237 e. The Kier molecular flexibility index (Phi) is 5.61. The molecule has 0 aromatic heterocycles. The molecule has 0 saturated heterocycles. The highest BCUT2D eigenvalue weighted by Gasteiger charge is 2.50. The zero-order chi connectivity index (χ0) is 15.6. The topological polar surface area (TPSA) is 64.3 Å². The van der Waals surface area contributed by atoms with E-state index in [4.69, 9.17) is 10.5 Å². The van der Waals surface area contributed by atoms with Crippen molar-refractivity contribution in [2.45, 2.75) is 79.0 Å². The summed E-state index contributed by atoms with van der Waals surface area (Å²) in [6, 6.07) is -0.312. The van der Waals surface area contributed by atoms with Gasteiger partial charge in [-0.05, 0) is 18.3 Å². The molecule has 2 unspecified atom stereocenters. The van der Waals surface area contributed by atoms with Gasteiger partial charge in [0.2, 0.25) is 5.91 Å². The van der Waals surface area contributed by atoms with Crippen LogP contribution in [0.15, 0.2) is 0 Å². The summed E-state index contributed by atoms with van der Waals surface area (Å²) < 4.78 is 5.89. The monoisotopic (exact) mass is 284 g/mol. The molecule has 4 nitrogen and oxygen atoms in total. The number of carbonyl (C=O) groups excluding carboxylic acids is 1. The van der Waals surface area contributed by atoms with Crippen molar-refractivity contribution < 1.29 is 9.53 Å². The van der Waals surface area contributed by atoms with Crippen LogP contribution in [0.1, 0.15) is 60.8 Å². The van der Waals surface area contributed by atoms with Crippen molar-refractivity contribution in [2.24, 2.45) is 16.6 Å². The number of unbranched alkanes of at least 4 members (excludes halogenated alkanes) is 1. The summed E-state index contributed by atoms with van der Waals surface area (Å²) in [4.78, 5) is 12.2. The molecule has 0 aliphatic heterocycles. The summed E-state index contributed by atoms with van der Waals surface area (Å²) in [5.41, 5.74) is 5.77. The first-order valence-corrected chi connectivity index (χ1v) is 7.78. The molecule has 4 heteroatoms. The van der Waals surface area contributed by atoms with Crippen molar-refractivity contribution in [1.29, 1.82) is 0 Å². The van der Waals surface area contributed by atoms with Gasteiger partial charge >= 0.3 is 0 Å². The molecular weight excluding hydrogens is 252 g/mol. The van der Waals surface area contributed by atoms with E-state index in [1.165, 1.54) is 0 Å². The summed E-state index contributed by atoms with van der Waals surface area (Å²) in [6.07, 6.45) is 3.37. The third kappa shape index (κ3) is 3.95. The van der Waals surface area contributed by atoms with E-state index < -0.39 is 6.04 Å². The first-order valence-electron chi connectivity index (χ1n) is 7.78. The lowest BCUT2D eigenvalue weighted by Crippen LogP contribution is -2.64. The number of nitrogens with one attached hydrogen (secondary N) is 1. The highest BCUT2D eigenvalue weighted by Crippen LogP contribution is 2.43. The maximum absolute atomic E-state index is 12.2. The van der Waals surface area contributed by atoms with E-state index in [1.54, 1.807) is 0 Å². The maximum atomic E-state index is 12.2. The average molecular weight is 284 g/mol. The van der Waals surface area contributed by atoms with E-state index in [0.717, 1.165) is 25.9 Å². The molecule has 1 aliphatic rings. The third-order valence-corrected chi connectivity index (χ3v) is 4.53. The first-order chi connectivity index (χ1) is 9.10. The highest BCUT2D eigenvalue weighted by molar-refractivity contribution is 5.82. The molecule has 118 valence electrons. The van der Waals surface area contributed by atoms with Crippen LogP contribution in [-0.2, 0) is 9.53 Å². The number of rotatable bonds is 6. The van der Waals surface area contributed by atoms with Crippen molar-refractivity contribution in [3.63, 3.8) is 0 Å². The predicted molar refractivity (Wildman–Crippen MR) is 82.4 cm³/mol. The standard InChI is InChI=1S/C16H32N2O2/c1-7-8-9-20-12-10-11(16(12,5)6)18-14(19)13(17)15(2,3)4/h11-13H,7-10,17H2,1-6H3,(H,18,19)/t11?,12?,13-/m1/s1. The van der Waals surface area contributed by atoms with Crippen LogP contribution in [0.3, 0.4) is 0 Å². The van der Waals surface area contributed by atoms with Crippen molar-refractivity contribution >= 4 is 5.91 Å². The Labute approximate surface area is 123 Å². The largest absolute Gasteiger partial charge is 0.378 e. The molecule has 1 saturated carbocycles. The van der Waals surface area contributed by atoms with Crippen LogP contribution < -0.4 is 11.1 Å². The molecule has 1 aliphatic carbocycles. The van der Waals surface area contributed by atoms with Crippen LogP contribution in [0.2, 0.25) is 0 Å². The van der Waals surface area contributed by atoms with Crippen LogP contribution in [0, 0.1) is 10.8 Å².